The first kappa shape index (κ1) is 22.3. The minimum absolute atomic E-state index is 0.0199. The quantitative estimate of drug-likeness (QED) is 0.420. The SMILES string of the molecule is CCOC(=O)c1ccc(-n2c(C)cc(/C=C(\C#N)C(=O)NC[C@@H]3CCCO3)c2C)cc1. The number of carbonyl (C=O) groups is 2. The highest BCUT2D eigenvalue weighted by molar-refractivity contribution is 6.01. The van der Waals surface area contributed by atoms with Gasteiger partial charge in [-0.1, -0.05) is 0 Å². The standard InChI is InChI=1S/C24H27N3O4/c1-4-30-24(29)18-7-9-21(10-8-18)27-16(2)12-19(17(27)3)13-20(14-25)23(28)26-15-22-6-5-11-31-22/h7-10,12-13,22H,4-6,11,15H2,1-3H3,(H,26,28)/b20-13+/t22-/m0/s1. The van der Waals surface area contributed by atoms with E-state index < -0.39 is 5.91 Å². The van der Waals surface area contributed by atoms with Gasteiger partial charge in [0.15, 0.2) is 0 Å². The van der Waals surface area contributed by atoms with E-state index in [1.807, 2.05) is 42.7 Å². The van der Waals surface area contributed by atoms with Gasteiger partial charge in [0, 0.05) is 30.2 Å². The molecule has 1 aliphatic heterocycles. The van der Waals surface area contributed by atoms with Crippen LogP contribution in [0.5, 0.6) is 0 Å². The normalized spacial score (nSPS) is 16.1. The van der Waals surface area contributed by atoms with Crippen molar-refractivity contribution in [3.8, 4) is 11.8 Å². The second-order valence-electron chi connectivity index (χ2n) is 7.44. The zero-order chi connectivity index (χ0) is 22.4. The third kappa shape index (κ3) is 5.22. The van der Waals surface area contributed by atoms with Crippen molar-refractivity contribution in [2.75, 3.05) is 19.8 Å². The molecule has 2 heterocycles. The molecule has 1 aromatic heterocycles. The van der Waals surface area contributed by atoms with Crippen LogP contribution < -0.4 is 5.32 Å². The van der Waals surface area contributed by atoms with Crippen molar-refractivity contribution in [1.29, 1.82) is 5.26 Å². The Morgan fingerprint density at radius 3 is 2.68 bits per heavy atom. The first-order valence-electron chi connectivity index (χ1n) is 10.4. The van der Waals surface area contributed by atoms with Crippen molar-refractivity contribution < 1.29 is 19.1 Å². The number of esters is 1. The van der Waals surface area contributed by atoms with Gasteiger partial charge >= 0.3 is 5.97 Å². The summed E-state index contributed by atoms with van der Waals surface area (Å²) in [6.45, 7) is 7.10. The molecule has 7 nitrogen and oxygen atoms in total. The molecule has 162 valence electrons. The van der Waals surface area contributed by atoms with Crippen LogP contribution in [0.15, 0.2) is 35.9 Å². The number of benzene rings is 1. The molecule has 0 aliphatic carbocycles. The second kappa shape index (κ2) is 10.1. The summed E-state index contributed by atoms with van der Waals surface area (Å²) in [6, 6.07) is 11.1. The van der Waals surface area contributed by atoms with Crippen LogP contribution in [0.25, 0.3) is 11.8 Å². The fourth-order valence-electron chi connectivity index (χ4n) is 3.70. The van der Waals surface area contributed by atoms with Crippen molar-refractivity contribution in [3.05, 3.63) is 58.4 Å². The Hall–Kier alpha value is -3.37. The maximum atomic E-state index is 12.5. The highest BCUT2D eigenvalue weighted by Gasteiger charge is 2.18. The van der Waals surface area contributed by atoms with E-state index in [1.165, 1.54) is 0 Å². The largest absolute Gasteiger partial charge is 0.462 e. The zero-order valence-electron chi connectivity index (χ0n) is 18.1. The lowest BCUT2D eigenvalue weighted by molar-refractivity contribution is -0.117. The van der Waals surface area contributed by atoms with Gasteiger partial charge in [0.2, 0.25) is 0 Å². The third-order valence-corrected chi connectivity index (χ3v) is 5.29. The minimum atomic E-state index is -0.401. The summed E-state index contributed by atoms with van der Waals surface area (Å²) >= 11 is 0. The van der Waals surface area contributed by atoms with Crippen LogP contribution in [0.4, 0.5) is 0 Å². The maximum Gasteiger partial charge on any atom is 0.338 e. The summed E-state index contributed by atoms with van der Waals surface area (Å²) in [5.41, 5.74) is 4.05. The number of ether oxygens (including phenoxy) is 2. The van der Waals surface area contributed by atoms with Crippen molar-refractivity contribution in [2.45, 2.75) is 39.7 Å². The number of rotatable bonds is 7. The van der Waals surface area contributed by atoms with Gasteiger partial charge in [0.05, 0.1) is 18.3 Å². The Bertz CT molecular complexity index is 1020. The van der Waals surface area contributed by atoms with Gasteiger partial charge in [0.25, 0.3) is 5.91 Å². The fraction of sp³-hybridized carbons (Fsp3) is 0.375. The molecule has 1 aromatic carbocycles. The molecule has 1 atom stereocenters. The number of nitrogens with one attached hydrogen (secondary N) is 1. The Labute approximate surface area is 182 Å². The first-order chi connectivity index (χ1) is 14.9. The van der Waals surface area contributed by atoms with Gasteiger partial charge in [-0.25, -0.2) is 4.79 Å². The number of carbonyl (C=O) groups excluding carboxylic acids is 2. The van der Waals surface area contributed by atoms with Gasteiger partial charge < -0.3 is 19.4 Å². The maximum absolute atomic E-state index is 12.5. The Kier molecular flexibility index (Phi) is 7.27. The number of aryl methyl sites for hydroxylation is 1. The molecular formula is C24H27N3O4. The second-order valence-corrected chi connectivity index (χ2v) is 7.44. The molecule has 7 heteroatoms. The highest BCUT2D eigenvalue weighted by Crippen LogP contribution is 2.23. The summed E-state index contributed by atoms with van der Waals surface area (Å²) in [5.74, 6) is -0.757. The topological polar surface area (TPSA) is 93.4 Å². The molecule has 0 spiro atoms. The number of nitrogens with zero attached hydrogens (tertiary/aromatic N) is 2. The van der Waals surface area contributed by atoms with Gasteiger partial charge in [-0.2, -0.15) is 5.26 Å². The lowest BCUT2D eigenvalue weighted by Crippen LogP contribution is -2.32. The van der Waals surface area contributed by atoms with E-state index in [9.17, 15) is 14.9 Å². The van der Waals surface area contributed by atoms with Crippen molar-refractivity contribution in [2.24, 2.45) is 0 Å². The van der Waals surface area contributed by atoms with E-state index in [2.05, 4.69) is 5.32 Å². The van der Waals surface area contributed by atoms with E-state index in [0.29, 0.717) is 25.3 Å². The van der Waals surface area contributed by atoms with E-state index >= 15 is 0 Å². The van der Waals surface area contributed by atoms with Gasteiger partial charge in [-0.15, -0.1) is 0 Å². The zero-order valence-corrected chi connectivity index (χ0v) is 18.1. The molecule has 0 radical (unpaired) electrons. The molecular weight excluding hydrogens is 394 g/mol. The molecule has 31 heavy (non-hydrogen) atoms. The lowest BCUT2D eigenvalue weighted by Gasteiger charge is -2.11. The minimum Gasteiger partial charge on any atom is -0.462 e. The Balaban J connectivity index is 1.80. The molecule has 3 rings (SSSR count). The van der Waals surface area contributed by atoms with Crippen LogP contribution in [0.2, 0.25) is 0 Å². The Morgan fingerprint density at radius 1 is 1.32 bits per heavy atom. The molecule has 2 aromatic rings. The Morgan fingerprint density at radius 2 is 2.06 bits per heavy atom. The lowest BCUT2D eigenvalue weighted by atomic mass is 10.1. The van der Waals surface area contributed by atoms with Crippen LogP contribution in [0.1, 0.15) is 47.1 Å². The number of hydrogen-bond acceptors (Lipinski definition) is 5. The average Bonchev–Trinajstić information content (AvgIpc) is 3.38. The molecule has 0 unspecified atom stereocenters. The van der Waals surface area contributed by atoms with E-state index in [-0.39, 0.29) is 17.6 Å². The molecule has 0 saturated carbocycles. The smallest absolute Gasteiger partial charge is 0.338 e. The number of hydrogen-bond donors (Lipinski definition) is 1. The molecule has 1 amide bonds. The monoisotopic (exact) mass is 421 g/mol. The number of amides is 1. The molecule has 1 fully saturated rings. The number of aromatic nitrogens is 1. The predicted molar refractivity (Wildman–Crippen MR) is 117 cm³/mol. The molecule has 1 saturated heterocycles. The molecule has 0 bridgehead atoms. The average molecular weight is 421 g/mol. The van der Waals surface area contributed by atoms with Gasteiger partial charge in [0.1, 0.15) is 11.6 Å². The summed E-state index contributed by atoms with van der Waals surface area (Å²) in [5, 5.41) is 12.3. The highest BCUT2D eigenvalue weighted by atomic mass is 16.5. The van der Waals surface area contributed by atoms with E-state index in [1.54, 1.807) is 25.1 Å². The summed E-state index contributed by atoms with van der Waals surface area (Å²) in [7, 11) is 0. The van der Waals surface area contributed by atoms with Crippen LogP contribution in [-0.2, 0) is 14.3 Å². The van der Waals surface area contributed by atoms with Gasteiger partial charge in [-0.05, 0) is 75.6 Å². The van der Waals surface area contributed by atoms with Crippen LogP contribution in [-0.4, -0.2) is 42.3 Å². The molecule has 1 N–H and O–H groups in total. The third-order valence-electron chi connectivity index (χ3n) is 5.29. The number of nitriles is 1. The van der Waals surface area contributed by atoms with Crippen LogP contribution in [0, 0.1) is 25.2 Å². The summed E-state index contributed by atoms with van der Waals surface area (Å²) in [4.78, 5) is 24.3. The van der Waals surface area contributed by atoms with Gasteiger partial charge in [-0.3, -0.25) is 4.79 Å². The van der Waals surface area contributed by atoms with Crippen molar-refractivity contribution >= 4 is 18.0 Å². The molecule has 1 aliphatic rings. The summed E-state index contributed by atoms with van der Waals surface area (Å²) < 4.78 is 12.5. The van der Waals surface area contributed by atoms with Crippen molar-refractivity contribution in [1.82, 2.24) is 9.88 Å². The van der Waals surface area contributed by atoms with Crippen LogP contribution >= 0.6 is 0 Å². The van der Waals surface area contributed by atoms with Crippen molar-refractivity contribution in [3.63, 3.8) is 0 Å². The predicted octanol–water partition coefficient (Wildman–Crippen LogP) is 3.47. The summed E-state index contributed by atoms with van der Waals surface area (Å²) in [6.07, 6.45) is 3.54. The van der Waals surface area contributed by atoms with E-state index in [0.717, 1.165) is 35.5 Å². The van der Waals surface area contributed by atoms with E-state index in [4.69, 9.17) is 9.47 Å². The first-order valence-corrected chi connectivity index (χ1v) is 10.4. The van der Waals surface area contributed by atoms with Crippen LogP contribution in [0.3, 0.4) is 0 Å². The fourth-order valence-corrected chi connectivity index (χ4v) is 3.70.